The molecule has 1 heterocycles. The Morgan fingerprint density at radius 1 is 0.640 bits per heavy atom. The molecule has 0 aliphatic heterocycles. The van der Waals surface area contributed by atoms with E-state index in [1.165, 1.54) is 11.1 Å². The van der Waals surface area contributed by atoms with Crippen molar-refractivity contribution in [3.8, 4) is 28.2 Å². The van der Waals surface area contributed by atoms with Crippen LogP contribution in [0.4, 0.5) is 0 Å². The molecule has 0 aliphatic carbocycles. The second-order valence-electron chi connectivity index (χ2n) is 6.39. The molecule has 25 heavy (non-hydrogen) atoms. The molecule has 4 rings (SSSR count). The molecule has 0 atom stereocenters. The summed E-state index contributed by atoms with van der Waals surface area (Å²) in [5.41, 5.74) is 7.95. The quantitative estimate of drug-likeness (QED) is 0.464. The summed E-state index contributed by atoms with van der Waals surface area (Å²) < 4.78 is 2.03. The first kappa shape index (κ1) is 15.4. The van der Waals surface area contributed by atoms with Crippen LogP contribution in [0, 0.1) is 13.8 Å². The summed E-state index contributed by atoms with van der Waals surface area (Å²) in [6, 6.07) is 29.6. The zero-order chi connectivity index (χ0) is 17.2. The predicted octanol–water partition coefficient (Wildman–Crippen LogP) is 5.82. The van der Waals surface area contributed by atoms with Gasteiger partial charge in [0.25, 0.3) is 0 Å². The van der Waals surface area contributed by atoms with Gasteiger partial charge in [0.05, 0.1) is 17.1 Å². The zero-order valence-electron chi connectivity index (χ0n) is 14.5. The van der Waals surface area contributed by atoms with Crippen LogP contribution < -0.4 is 0 Å². The monoisotopic (exact) mass is 324 g/mol. The van der Waals surface area contributed by atoms with Crippen molar-refractivity contribution in [2.24, 2.45) is 0 Å². The van der Waals surface area contributed by atoms with E-state index in [1.807, 2.05) is 10.7 Å². The third-order valence-corrected chi connectivity index (χ3v) is 4.40. The minimum atomic E-state index is 0.986. The number of aryl methyl sites for hydroxylation is 2. The van der Waals surface area contributed by atoms with Crippen LogP contribution >= 0.6 is 0 Å². The van der Waals surface area contributed by atoms with E-state index in [9.17, 15) is 0 Å². The lowest BCUT2D eigenvalue weighted by Crippen LogP contribution is -1.99. The summed E-state index contributed by atoms with van der Waals surface area (Å²) in [6.07, 6.45) is 0. The molecular formula is C23H20N2. The molecule has 0 N–H and O–H groups in total. The Kier molecular flexibility index (Phi) is 3.95. The topological polar surface area (TPSA) is 17.8 Å². The lowest BCUT2D eigenvalue weighted by atomic mass is 10.1. The van der Waals surface area contributed by atoms with Crippen molar-refractivity contribution in [3.05, 3.63) is 96.1 Å². The third kappa shape index (κ3) is 3.11. The van der Waals surface area contributed by atoms with E-state index in [0.717, 1.165) is 28.2 Å². The molecular weight excluding hydrogens is 304 g/mol. The summed E-state index contributed by atoms with van der Waals surface area (Å²) in [4.78, 5) is 0. The van der Waals surface area contributed by atoms with Crippen molar-refractivity contribution in [2.45, 2.75) is 13.8 Å². The van der Waals surface area contributed by atoms with Gasteiger partial charge < -0.3 is 0 Å². The number of hydrogen-bond acceptors (Lipinski definition) is 1. The molecule has 3 aromatic carbocycles. The molecule has 4 aromatic rings. The van der Waals surface area contributed by atoms with Crippen molar-refractivity contribution in [1.29, 1.82) is 0 Å². The number of nitrogens with zero attached hydrogens (tertiary/aromatic N) is 2. The molecule has 0 amide bonds. The van der Waals surface area contributed by atoms with Gasteiger partial charge in [-0.05, 0) is 32.0 Å². The van der Waals surface area contributed by atoms with E-state index < -0.39 is 0 Å². The van der Waals surface area contributed by atoms with E-state index in [-0.39, 0.29) is 0 Å². The molecule has 0 saturated heterocycles. The maximum atomic E-state index is 4.90. The average molecular weight is 324 g/mol. The van der Waals surface area contributed by atoms with E-state index in [2.05, 4.69) is 92.7 Å². The van der Waals surface area contributed by atoms with Gasteiger partial charge >= 0.3 is 0 Å². The second-order valence-corrected chi connectivity index (χ2v) is 6.39. The number of benzene rings is 3. The van der Waals surface area contributed by atoms with Gasteiger partial charge in [0, 0.05) is 11.1 Å². The normalized spacial score (nSPS) is 10.8. The molecule has 0 aliphatic rings. The highest BCUT2D eigenvalue weighted by atomic mass is 15.3. The Hall–Kier alpha value is -3.13. The van der Waals surface area contributed by atoms with Crippen LogP contribution in [-0.2, 0) is 0 Å². The van der Waals surface area contributed by atoms with Crippen molar-refractivity contribution >= 4 is 0 Å². The van der Waals surface area contributed by atoms with Crippen LogP contribution in [-0.4, -0.2) is 9.78 Å². The molecule has 2 nitrogen and oxygen atoms in total. The van der Waals surface area contributed by atoms with Gasteiger partial charge in [0.1, 0.15) is 0 Å². The highest BCUT2D eigenvalue weighted by Crippen LogP contribution is 2.28. The minimum absolute atomic E-state index is 0.986. The van der Waals surface area contributed by atoms with Crippen LogP contribution in [0.2, 0.25) is 0 Å². The Morgan fingerprint density at radius 2 is 1.24 bits per heavy atom. The molecule has 0 saturated carbocycles. The van der Waals surface area contributed by atoms with Gasteiger partial charge in [-0.1, -0.05) is 77.9 Å². The van der Waals surface area contributed by atoms with Crippen molar-refractivity contribution in [3.63, 3.8) is 0 Å². The van der Waals surface area contributed by atoms with Gasteiger partial charge in [0.15, 0.2) is 0 Å². The fourth-order valence-corrected chi connectivity index (χ4v) is 2.94. The van der Waals surface area contributed by atoms with Crippen LogP contribution in [0.15, 0.2) is 84.9 Å². The first-order valence-electron chi connectivity index (χ1n) is 8.50. The van der Waals surface area contributed by atoms with Crippen LogP contribution in [0.25, 0.3) is 28.2 Å². The average Bonchev–Trinajstić information content (AvgIpc) is 3.09. The van der Waals surface area contributed by atoms with Gasteiger partial charge in [-0.3, -0.25) is 0 Å². The summed E-state index contributed by atoms with van der Waals surface area (Å²) >= 11 is 0. The van der Waals surface area contributed by atoms with Crippen LogP contribution in [0.5, 0.6) is 0 Å². The summed E-state index contributed by atoms with van der Waals surface area (Å²) in [5, 5.41) is 4.90. The number of aromatic nitrogens is 2. The van der Waals surface area contributed by atoms with E-state index in [0.29, 0.717) is 0 Å². The fourth-order valence-electron chi connectivity index (χ4n) is 2.94. The summed E-state index contributed by atoms with van der Waals surface area (Å²) in [7, 11) is 0. The molecule has 0 spiro atoms. The Bertz CT molecular complexity index is 979. The number of rotatable bonds is 3. The first-order chi connectivity index (χ1) is 12.2. The Labute approximate surface area is 148 Å². The highest BCUT2D eigenvalue weighted by molar-refractivity contribution is 5.70. The van der Waals surface area contributed by atoms with Gasteiger partial charge in [-0.25, -0.2) is 4.68 Å². The summed E-state index contributed by atoms with van der Waals surface area (Å²) in [5.74, 6) is 0. The number of hydrogen-bond donors (Lipinski definition) is 0. The Morgan fingerprint density at radius 3 is 1.88 bits per heavy atom. The molecule has 0 radical (unpaired) electrons. The highest BCUT2D eigenvalue weighted by Gasteiger charge is 2.12. The van der Waals surface area contributed by atoms with Crippen LogP contribution in [0.3, 0.4) is 0 Å². The lowest BCUT2D eigenvalue weighted by Gasteiger charge is -2.08. The standard InChI is InChI=1S/C23H20N2/c1-17-8-12-19(13-9-17)22-16-23(20-6-4-3-5-7-20)25(24-22)21-14-10-18(2)11-15-21/h3-16H,1-2H3. The molecule has 1 aromatic heterocycles. The molecule has 0 bridgehead atoms. The maximum Gasteiger partial charge on any atom is 0.0934 e. The molecule has 122 valence electrons. The third-order valence-electron chi connectivity index (χ3n) is 4.40. The van der Waals surface area contributed by atoms with Crippen molar-refractivity contribution in [1.82, 2.24) is 9.78 Å². The van der Waals surface area contributed by atoms with Crippen molar-refractivity contribution in [2.75, 3.05) is 0 Å². The predicted molar refractivity (Wildman–Crippen MR) is 104 cm³/mol. The lowest BCUT2D eigenvalue weighted by molar-refractivity contribution is 0.891. The van der Waals surface area contributed by atoms with Crippen molar-refractivity contribution < 1.29 is 0 Å². The fraction of sp³-hybridized carbons (Fsp3) is 0.0870. The molecule has 2 heteroatoms. The van der Waals surface area contributed by atoms with Gasteiger partial charge in [0.2, 0.25) is 0 Å². The first-order valence-corrected chi connectivity index (χ1v) is 8.50. The smallest absolute Gasteiger partial charge is 0.0934 e. The SMILES string of the molecule is Cc1ccc(-c2cc(-c3ccccc3)n(-c3ccc(C)cc3)n2)cc1. The van der Waals surface area contributed by atoms with E-state index in [1.54, 1.807) is 0 Å². The summed E-state index contributed by atoms with van der Waals surface area (Å²) in [6.45, 7) is 4.20. The second kappa shape index (κ2) is 6.40. The maximum absolute atomic E-state index is 4.90. The van der Waals surface area contributed by atoms with Crippen LogP contribution in [0.1, 0.15) is 11.1 Å². The largest absolute Gasteiger partial charge is 0.232 e. The molecule has 0 fully saturated rings. The zero-order valence-corrected chi connectivity index (χ0v) is 14.5. The Balaban J connectivity index is 1.89. The van der Waals surface area contributed by atoms with Gasteiger partial charge in [-0.2, -0.15) is 5.10 Å². The van der Waals surface area contributed by atoms with E-state index >= 15 is 0 Å². The molecule has 0 unspecified atom stereocenters. The van der Waals surface area contributed by atoms with E-state index in [4.69, 9.17) is 5.10 Å². The minimum Gasteiger partial charge on any atom is -0.232 e. The van der Waals surface area contributed by atoms with Gasteiger partial charge in [-0.15, -0.1) is 0 Å².